The monoisotopic (exact) mass is 339 g/mol. The molecule has 0 radical (unpaired) electrons. The van der Waals surface area contributed by atoms with E-state index in [-0.39, 0.29) is 29.6 Å². The number of nitro groups is 1. The second kappa shape index (κ2) is 7.12. The summed E-state index contributed by atoms with van der Waals surface area (Å²) >= 11 is 0. The highest BCUT2D eigenvalue weighted by molar-refractivity contribution is 5.95. The SMILES string of the molecule is O=C(N[C@@H]1CC(=O)N(Cc2ccccc2)C1)c1cccc([N+](=O)[O-])c1. The van der Waals surface area contributed by atoms with Crippen LogP contribution in [0.1, 0.15) is 22.3 Å². The molecule has 0 saturated carbocycles. The van der Waals surface area contributed by atoms with Gasteiger partial charge < -0.3 is 10.2 Å². The fraction of sp³-hybridized carbons (Fsp3) is 0.222. The summed E-state index contributed by atoms with van der Waals surface area (Å²) in [5.74, 6) is -0.434. The number of benzene rings is 2. The number of hydrogen-bond acceptors (Lipinski definition) is 4. The van der Waals surface area contributed by atoms with Crippen LogP contribution < -0.4 is 5.32 Å². The third-order valence-corrected chi connectivity index (χ3v) is 4.09. The first kappa shape index (κ1) is 16.6. The molecule has 0 unspecified atom stereocenters. The average molecular weight is 339 g/mol. The molecule has 1 atom stereocenters. The van der Waals surface area contributed by atoms with E-state index in [1.807, 2.05) is 30.3 Å². The van der Waals surface area contributed by atoms with Crippen LogP contribution in [0.25, 0.3) is 0 Å². The lowest BCUT2D eigenvalue weighted by Crippen LogP contribution is -2.37. The van der Waals surface area contributed by atoms with Crippen LogP contribution >= 0.6 is 0 Å². The summed E-state index contributed by atoms with van der Waals surface area (Å²) in [6, 6.07) is 14.9. The van der Waals surface area contributed by atoms with Crippen LogP contribution in [0.4, 0.5) is 5.69 Å². The quantitative estimate of drug-likeness (QED) is 0.667. The molecule has 1 heterocycles. The second-order valence-corrected chi connectivity index (χ2v) is 5.94. The molecule has 7 nitrogen and oxygen atoms in total. The maximum atomic E-state index is 12.3. The van der Waals surface area contributed by atoms with Crippen molar-refractivity contribution in [3.05, 3.63) is 75.8 Å². The Morgan fingerprint density at radius 3 is 2.68 bits per heavy atom. The minimum absolute atomic E-state index is 0.0202. The van der Waals surface area contributed by atoms with Crippen LogP contribution in [0.15, 0.2) is 54.6 Å². The van der Waals surface area contributed by atoms with Gasteiger partial charge in [-0.3, -0.25) is 19.7 Å². The number of carbonyl (C=O) groups excluding carboxylic acids is 2. The lowest BCUT2D eigenvalue weighted by atomic mass is 10.1. The van der Waals surface area contributed by atoms with Crippen molar-refractivity contribution < 1.29 is 14.5 Å². The molecule has 2 amide bonds. The lowest BCUT2D eigenvalue weighted by Gasteiger charge is -2.17. The van der Waals surface area contributed by atoms with Crippen molar-refractivity contribution in [3.8, 4) is 0 Å². The van der Waals surface area contributed by atoms with E-state index in [4.69, 9.17) is 0 Å². The van der Waals surface area contributed by atoms with Crippen LogP contribution in [0.2, 0.25) is 0 Å². The van der Waals surface area contributed by atoms with Gasteiger partial charge in [0.2, 0.25) is 5.91 Å². The molecule has 0 bridgehead atoms. The third-order valence-electron chi connectivity index (χ3n) is 4.09. The second-order valence-electron chi connectivity index (χ2n) is 5.94. The molecule has 7 heteroatoms. The predicted octanol–water partition coefficient (Wildman–Crippen LogP) is 2.13. The van der Waals surface area contributed by atoms with Gasteiger partial charge in [-0.25, -0.2) is 0 Å². The molecule has 2 aromatic rings. The molecule has 128 valence electrons. The smallest absolute Gasteiger partial charge is 0.270 e. The van der Waals surface area contributed by atoms with Gasteiger partial charge in [0.1, 0.15) is 0 Å². The van der Waals surface area contributed by atoms with E-state index in [0.29, 0.717) is 13.1 Å². The highest BCUT2D eigenvalue weighted by atomic mass is 16.6. The average Bonchev–Trinajstić information content (AvgIpc) is 2.95. The molecule has 1 N–H and O–H groups in total. The maximum absolute atomic E-state index is 12.3. The van der Waals surface area contributed by atoms with Crippen molar-refractivity contribution in [2.75, 3.05) is 6.54 Å². The van der Waals surface area contributed by atoms with Crippen molar-refractivity contribution in [1.29, 1.82) is 0 Å². The minimum Gasteiger partial charge on any atom is -0.347 e. The molecule has 1 fully saturated rings. The summed E-state index contributed by atoms with van der Waals surface area (Å²) in [6.07, 6.45) is 0.230. The van der Waals surface area contributed by atoms with E-state index < -0.39 is 10.8 Å². The zero-order chi connectivity index (χ0) is 17.8. The molecule has 0 spiro atoms. The van der Waals surface area contributed by atoms with Crippen LogP contribution in [-0.4, -0.2) is 34.2 Å². The number of nitro benzene ring substituents is 1. The van der Waals surface area contributed by atoms with Crippen molar-refractivity contribution in [2.24, 2.45) is 0 Å². The Hall–Kier alpha value is -3.22. The normalized spacial score (nSPS) is 16.7. The van der Waals surface area contributed by atoms with Crippen molar-refractivity contribution in [1.82, 2.24) is 10.2 Å². The van der Waals surface area contributed by atoms with Crippen LogP contribution in [0, 0.1) is 10.1 Å². The molecular weight excluding hydrogens is 322 g/mol. The van der Waals surface area contributed by atoms with Gasteiger partial charge in [-0.05, 0) is 11.6 Å². The van der Waals surface area contributed by atoms with Gasteiger partial charge in [0.15, 0.2) is 0 Å². The van der Waals surface area contributed by atoms with Gasteiger partial charge >= 0.3 is 0 Å². The number of hydrogen-bond donors (Lipinski definition) is 1. The summed E-state index contributed by atoms with van der Waals surface area (Å²) in [6.45, 7) is 0.928. The van der Waals surface area contributed by atoms with Crippen molar-refractivity contribution >= 4 is 17.5 Å². The molecule has 1 saturated heterocycles. The molecule has 3 rings (SSSR count). The Balaban J connectivity index is 1.62. The first-order valence-electron chi connectivity index (χ1n) is 7.90. The summed E-state index contributed by atoms with van der Waals surface area (Å²) in [5.41, 5.74) is 1.10. The zero-order valence-electron chi connectivity index (χ0n) is 13.4. The van der Waals surface area contributed by atoms with E-state index in [1.54, 1.807) is 4.90 Å². The van der Waals surface area contributed by atoms with Gasteiger partial charge in [0.05, 0.1) is 11.0 Å². The first-order chi connectivity index (χ1) is 12.0. The molecule has 0 aromatic heterocycles. The maximum Gasteiger partial charge on any atom is 0.270 e. The summed E-state index contributed by atoms with van der Waals surface area (Å²) in [4.78, 5) is 36.4. The molecule has 1 aliphatic heterocycles. The van der Waals surface area contributed by atoms with Gasteiger partial charge in [-0.1, -0.05) is 36.4 Å². The fourth-order valence-electron chi connectivity index (χ4n) is 2.85. The molecule has 2 aromatic carbocycles. The fourth-order valence-corrected chi connectivity index (χ4v) is 2.85. The Morgan fingerprint density at radius 1 is 1.20 bits per heavy atom. The number of non-ortho nitro benzene ring substituents is 1. The Labute approximate surface area is 144 Å². The van der Waals surface area contributed by atoms with E-state index in [2.05, 4.69) is 5.32 Å². The van der Waals surface area contributed by atoms with E-state index >= 15 is 0 Å². The summed E-state index contributed by atoms with van der Waals surface area (Å²) < 4.78 is 0. The standard InChI is InChI=1S/C18H17N3O4/c22-17-10-15(12-20(17)11-13-5-2-1-3-6-13)19-18(23)14-7-4-8-16(9-14)21(24)25/h1-9,15H,10-12H2,(H,19,23)/t15-/m1/s1. The minimum atomic E-state index is -0.544. The number of carbonyl (C=O) groups is 2. The van der Waals surface area contributed by atoms with E-state index in [0.717, 1.165) is 5.56 Å². The summed E-state index contributed by atoms with van der Waals surface area (Å²) in [7, 11) is 0. The Morgan fingerprint density at radius 2 is 1.96 bits per heavy atom. The van der Waals surface area contributed by atoms with Crippen LogP contribution in [-0.2, 0) is 11.3 Å². The predicted molar refractivity (Wildman–Crippen MR) is 90.8 cm³/mol. The van der Waals surface area contributed by atoms with Gasteiger partial charge in [-0.15, -0.1) is 0 Å². The number of amides is 2. The van der Waals surface area contributed by atoms with Gasteiger partial charge in [-0.2, -0.15) is 0 Å². The van der Waals surface area contributed by atoms with Gasteiger partial charge in [0, 0.05) is 37.2 Å². The van der Waals surface area contributed by atoms with Gasteiger partial charge in [0.25, 0.3) is 11.6 Å². The van der Waals surface area contributed by atoms with E-state index in [1.165, 1.54) is 24.3 Å². The Kier molecular flexibility index (Phi) is 4.74. The molecular formula is C18H17N3O4. The highest BCUT2D eigenvalue weighted by Crippen LogP contribution is 2.17. The third kappa shape index (κ3) is 4.00. The first-order valence-corrected chi connectivity index (χ1v) is 7.90. The van der Waals surface area contributed by atoms with Crippen molar-refractivity contribution in [3.63, 3.8) is 0 Å². The summed E-state index contributed by atoms with van der Waals surface area (Å²) in [5, 5.41) is 13.6. The van der Waals surface area contributed by atoms with Crippen molar-refractivity contribution in [2.45, 2.75) is 19.0 Å². The molecule has 0 aliphatic carbocycles. The molecule has 25 heavy (non-hydrogen) atoms. The van der Waals surface area contributed by atoms with E-state index in [9.17, 15) is 19.7 Å². The zero-order valence-corrected chi connectivity index (χ0v) is 13.4. The largest absolute Gasteiger partial charge is 0.347 e. The number of likely N-dealkylation sites (tertiary alicyclic amines) is 1. The van der Waals surface area contributed by atoms with Crippen LogP contribution in [0.3, 0.4) is 0 Å². The topological polar surface area (TPSA) is 92.6 Å². The number of nitrogens with zero attached hydrogens (tertiary/aromatic N) is 2. The number of rotatable bonds is 5. The number of nitrogens with one attached hydrogen (secondary N) is 1. The Bertz CT molecular complexity index is 807. The van der Waals surface area contributed by atoms with Crippen LogP contribution in [0.5, 0.6) is 0 Å². The molecule has 1 aliphatic rings. The highest BCUT2D eigenvalue weighted by Gasteiger charge is 2.30. The lowest BCUT2D eigenvalue weighted by molar-refractivity contribution is -0.384.